The zero-order valence-electron chi connectivity index (χ0n) is 33.5. The SMILES string of the molecule is CCCCC(Cc1cc(C(C)(C)C)c(O)c(C(C)(C)C)c1)C(=O)OC1CC(C)(C)N(C(=O)OC2CC(C)(C)N(C)C(C)(C)C2)C(C)(C)C1. The van der Waals surface area contributed by atoms with Gasteiger partial charge in [-0.25, -0.2) is 4.79 Å². The molecule has 2 aliphatic rings. The normalized spacial score (nSPS) is 22.3. The predicted molar refractivity (Wildman–Crippen MR) is 197 cm³/mol. The molecule has 7 nitrogen and oxygen atoms in total. The average Bonchev–Trinajstić information content (AvgIpc) is 2.87. The van der Waals surface area contributed by atoms with Crippen LogP contribution < -0.4 is 0 Å². The van der Waals surface area contributed by atoms with Crippen LogP contribution in [0.3, 0.4) is 0 Å². The fourth-order valence-electron chi connectivity index (χ4n) is 8.58. The topological polar surface area (TPSA) is 79.3 Å². The van der Waals surface area contributed by atoms with Crippen molar-refractivity contribution < 1.29 is 24.2 Å². The van der Waals surface area contributed by atoms with Crippen LogP contribution in [0.1, 0.15) is 165 Å². The Hall–Kier alpha value is -2.28. The monoisotopic (exact) mass is 671 g/mol. The van der Waals surface area contributed by atoms with Crippen LogP contribution in [0, 0.1) is 5.92 Å². The van der Waals surface area contributed by atoms with E-state index in [4.69, 9.17) is 9.47 Å². The number of piperidine rings is 2. The van der Waals surface area contributed by atoms with E-state index in [1.54, 1.807) is 0 Å². The van der Waals surface area contributed by atoms with Gasteiger partial charge in [-0.15, -0.1) is 0 Å². The molecule has 2 fully saturated rings. The third-order valence-electron chi connectivity index (χ3n) is 11.2. The molecule has 0 spiro atoms. The van der Waals surface area contributed by atoms with E-state index in [1.807, 2.05) is 4.90 Å². The number of unbranched alkanes of at least 4 members (excludes halogenated alkanes) is 1. The first-order valence-electron chi connectivity index (χ1n) is 18.4. The number of ether oxygens (including phenoxy) is 2. The van der Waals surface area contributed by atoms with Crippen molar-refractivity contribution in [2.75, 3.05) is 7.05 Å². The summed E-state index contributed by atoms with van der Waals surface area (Å²) >= 11 is 0. The number of amides is 1. The zero-order valence-corrected chi connectivity index (χ0v) is 33.5. The molecule has 0 aromatic heterocycles. The van der Waals surface area contributed by atoms with Crippen LogP contribution in [0.5, 0.6) is 5.75 Å². The van der Waals surface area contributed by atoms with Gasteiger partial charge in [-0.2, -0.15) is 0 Å². The molecule has 7 heteroatoms. The largest absolute Gasteiger partial charge is 0.507 e. The number of rotatable bonds is 8. The molecule has 1 aromatic rings. The van der Waals surface area contributed by atoms with Crippen molar-refractivity contribution in [2.24, 2.45) is 5.92 Å². The summed E-state index contributed by atoms with van der Waals surface area (Å²) in [5.74, 6) is -0.112. The van der Waals surface area contributed by atoms with Crippen LogP contribution in [-0.4, -0.2) is 68.4 Å². The van der Waals surface area contributed by atoms with Gasteiger partial charge in [0.1, 0.15) is 18.0 Å². The molecule has 48 heavy (non-hydrogen) atoms. The highest BCUT2D eigenvalue weighted by atomic mass is 16.6. The van der Waals surface area contributed by atoms with Crippen molar-refractivity contribution in [1.29, 1.82) is 0 Å². The number of phenolic OH excluding ortho intramolecular Hbond substituents is 1. The number of carbonyl (C=O) groups excluding carboxylic acids is 2. The number of likely N-dealkylation sites (tertiary alicyclic amines) is 2. The molecule has 0 radical (unpaired) electrons. The third kappa shape index (κ3) is 9.08. The fourth-order valence-corrected chi connectivity index (χ4v) is 8.58. The summed E-state index contributed by atoms with van der Waals surface area (Å²) in [5, 5.41) is 11.3. The highest BCUT2D eigenvalue weighted by Crippen LogP contribution is 2.44. The van der Waals surface area contributed by atoms with Crippen LogP contribution in [-0.2, 0) is 31.5 Å². The third-order valence-corrected chi connectivity index (χ3v) is 11.2. The number of hydrogen-bond donors (Lipinski definition) is 1. The molecule has 1 aromatic carbocycles. The zero-order chi connectivity index (χ0) is 36.8. The molecule has 0 aliphatic carbocycles. The van der Waals surface area contributed by atoms with Gasteiger partial charge in [-0.1, -0.05) is 73.4 Å². The van der Waals surface area contributed by atoms with E-state index in [0.717, 1.165) is 48.8 Å². The van der Waals surface area contributed by atoms with Crippen LogP contribution in [0.4, 0.5) is 4.79 Å². The van der Waals surface area contributed by atoms with Gasteiger partial charge in [-0.05, 0) is 103 Å². The van der Waals surface area contributed by atoms with Crippen molar-refractivity contribution in [1.82, 2.24) is 9.80 Å². The maximum atomic E-state index is 14.0. The Morgan fingerprint density at radius 3 is 1.62 bits per heavy atom. The number of aromatic hydroxyl groups is 1. The molecule has 0 saturated carbocycles. The Balaban J connectivity index is 1.81. The second kappa shape index (κ2) is 13.8. The van der Waals surface area contributed by atoms with Gasteiger partial charge >= 0.3 is 12.1 Å². The summed E-state index contributed by atoms with van der Waals surface area (Å²) in [6.07, 6.45) is 5.11. The van der Waals surface area contributed by atoms with Gasteiger partial charge in [0, 0.05) is 47.8 Å². The number of hydrogen-bond acceptors (Lipinski definition) is 6. The van der Waals surface area contributed by atoms with Gasteiger partial charge in [0.25, 0.3) is 0 Å². The average molecular weight is 671 g/mol. The lowest BCUT2D eigenvalue weighted by molar-refractivity contribution is -0.164. The summed E-state index contributed by atoms with van der Waals surface area (Å²) in [5.41, 5.74) is 1.06. The van der Waals surface area contributed by atoms with E-state index in [9.17, 15) is 14.7 Å². The Morgan fingerprint density at radius 2 is 1.21 bits per heavy atom. The molecule has 3 rings (SSSR count). The summed E-state index contributed by atoms with van der Waals surface area (Å²) in [6.45, 7) is 31.9. The first-order valence-corrected chi connectivity index (χ1v) is 18.4. The number of esters is 1. The highest BCUT2D eigenvalue weighted by Gasteiger charge is 2.52. The van der Waals surface area contributed by atoms with Crippen LogP contribution >= 0.6 is 0 Å². The van der Waals surface area contributed by atoms with Gasteiger partial charge < -0.3 is 14.6 Å². The molecule has 1 atom stereocenters. The molecule has 1 amide bonds. The molecule has 1 unspecified atom stereocenters. The predicted octanol–water partition coefficient (Wildman–Crippen LogP) is 9.69. The molecule has 2 aliphatic heterocycles. The minimum atomic E-state index is -0.570. The Kier molecular flexibility index (Phi) is 11.5. The lowest BCUT2D eigenvalue weighted by Gasteiger charge is -2.56. The molecular weight excluding hydrogens is 600 g/mol. The van der Waals surface area contributed by atoms with E-state index in [0.29, 0.717) is 25.0 Å². The molecule has 1 N–H and O–H groups in total. The van der Waals surface area contributed by atoms with Gasteiger partial charge in [0.15, 0.2) is 0 Å². The van der Waals surface area contributed by atoms with E-state index < -0.39 is 11.1 Å². The fraction of sp³-hybridized carbons (Fsp3) is 0.805. The minimum absolute atomic E-state index is 0.0873. The molecule has 0 bridgehead atoms. The Labute approximate surface area is 293 Å². The maximum absolute atomic E-state index is 14.0. The van der Waals surface area contributed by atoms with Gasteiger partial charge in [-0.3, -0.25) is 14.6 Å². The van der Waals surface area contributed by atoms with Crippen molar-refractivity contribution in [3.05, 3.63) is 28.8 Å². The van der Waals surface area contributed by atoms with Crippen molar-refractivity contribution in [2.45, 2.75) is 200 Å². The van der Waals surface area contributed by atoms with Gasteiger partial charge in [0.2, 0.25) is 0 Å². The van der Waals surface area contributed by atoms with Crippen LogP contribution in [0.15, 0.2) is 12.1 Å². The first-order chi connectivity index (χ1) is 21.6. The minimum Gasteiger partial charge on any atom is -0.507 e. The summed E-state index contributed by atoms with van der Waals surface area (Å²) in [6, 6.07) is 4.17. The molecule has 2 heterocycles. The molecule has 2 saturated heterocycles. The summed E-state index contributed by atoms with van der Waals surface area (Å²) in [7, 11) is 2.15. The van der Waals surface area contributed by atoms with Crippen LogP contribution in [0.2, 0.25) is 0 Å². The van der Waals surface area contributed by atoms with Crippen molar-refractivity contribution in [3.8, 4) is 5.75 Å². The lowest BCUT2D eigenvalue weighted by atomic mass is 9.77. The number of benzene rings is 1. The summed E-state index contributed by atoms with van der Waals surface area (Å²) < 4.78 is 12.7. The van der Waals surface area contributed by atoms with E-state index in [1.165, 1.54) is 0 Å². The second-order valence-electron chi connectivity index (χ2n) is 19.6. The first kappa shape index (κ1) is 40.2. The smallest absolute Gasteiger partial charge is 0.410 e. The quantitative estimate of drug-likeness (QED) is 0.278. The number of phenols is 1. The summed E-state index contributed by atoms with van der Waals surface area (Å²) in [4.78, 5) is 32.3. The van der Waals surface area contributed by atoms with Crippen molar-refractivity contribution >= 4 is 12.1 Å². The van der Waals surface area contributed by atoms with E-state index >= 15 is 0 Å². The maximum Gasteiger partial charge on any atom is 0.410 e. The second-order valence-corrected chi connectivity index (χ2v) is 19.6. The standard InChI is InChI=1S/C41H70N2O5/c1-17-18-19-28(20-27-21-31(36(2,3)4)33(44)32(22-27)37(5,6)7)34(45)47-29-25-40(12,13)43(41(14,15)26-29)35(46)48-30-23-38(8,9)42(16)39(10,11)24-30/h21-22,28-30,44H,17-20,23-26H2,1-16H3. The highest BCUT2D eigenvalue weighted by molar-refractivity contribution is 5.73. The van der Waals surface area contributed by atoms with Crippen LogP contribution in [0.25, 0.3) is 0 Å². The molecule has 274 valence electrons. The van der Waals surface area contributed by atoms with E-state index in [2.05, 4.69) is 128 Å². The van der Waals surface area contributed by atoms with Gasteiger partial charge in [0.05, 0.1) is 5.92 Å². The lowest BCUT2D eigenvalue weighted by Crippen LogP contribution is -2.65. The Morgan fingerprint density at radius 1 is 0.792 bits per heavy atom. The van der Waals surface area contributed by atoms with E-state index in [-0.39, 0.29) is 52.1 Å². The molecular formula is C41H70N2O5. The number of nitrogens with zero attached hydrogens (tertiary/aromatic N) is 2. The van der Waals surface area contributed by atoms with Crippen molar-refractivity contribution in [3.63, 3.8) is 0 Å². The number of carbonyl (C=O) groups is 2. The Bertz CT molecular complexity index is 1240.